The van der Waals surface area contributed by atoms with Crippen LogP contribution in [0.2, 0.25) is 5.02 Å². The Morgan fingerprint density at radius 3 is 3.06 bits per heavy atom. The van der Waals surface area contributed by atoms with Crippen molar-refractivity contribution in [3.05, 3.63) is 28.5 Å². The van der Waals surface area contributed by atoms with Crippen LogP contribution in [0, 0.1) is 11.8 Å². The van der Waals surface area contributed by atoms with Crippen molar-refractivity contribution in [1.29, 1.82) is 0 Å². The second-order valence-corrected chi connectivity index (χ2v) is 3.20. The molecule has 0 aliphatic carbocycles. The van der Waals surface area contributed by atoms with Gasteiger partial charge in [-0.15, -0.1) is 0 Å². The third-order valence-electron chi connectivity index (χ3n) is 1.74. The van der Waals surface area contributed by atoms with Crippen LogP contribution in [0.25, 0.3) is 0 Å². The summed E-state index contributed by atoms with van der Waals surface area (Å²) in [4.78, 5) is 15.1. The molecule has 0 bridgehead atoms. The lowest BCUT2D eigenvalue weighted by atomic mass is 10.2. The Kier molecular flexibility index (Phi) is 4.77. The number of ether oxygens (including phenoxy) is 1. The van der Waals surface area contributed by atoms with Gasteiger partial charge >= 0.3 is 5.97 Å². The lowest BCUT2D eigenvalue weighted by Crippen LogP contribution is -2.04. The molecule has 5 heteroatoms. The second-order valence-electron chi connectivity index (χ2n) is 2.79. The number of carbonyl (C=O) groups excluding carboxylic acids is 1. The van der Waals surface area contributed by atoms with Gasteiger partial charge in [0.25, 0.3) is 0 Å². The van der Waals surface area contributed by atoms with E-state index in [0.717, 1.165) is 0 Å². The summed E-state index contributed by atoms with van der Waals surface area (Å²) in [7, 11) is 0. The summed E-state index contributed by atoms with van der Waals surface area (Å²) in [5.41, 5.74) is 6.51. The van der Waals surface area contributed by atoms with Gasteiger partial charge in [-0.05, 0) is 13.0 Å². The Balaban J connectivity index is 2.99. The van der Waals surface area contributed by atoms with Crippen molar-refractivity contribution in [2.24, 2.45) is 5.73 Å². The third-order valence-corrected chi connectivity index (χ3v) is 2.05. The molecule has 0 atom stereocenters. The number of hydrogen-bond acceptors (Lipinski definition) is 4. The van der Waals surface area contributed by atoms with Crippen molar-refractivity contribution in [1.82, 2.24) is 4.98 Å². The molecule has 0 fully saturated rings. The first kappa shape index (κ1) is 12.5. The van der Waals surface area contributed by atoms with Gasteiger partial charge in [0.2, 0.25) is 0 Å². The number of rotatable bonds is 2. The van der Waals surface area contributed by atoms with E-state index < -0.39 is 5.97 Å². The molecule has 1 heterocycles. The molecule has 2 N–H and O–H groups in total. The van der Waals surface area contributed by atoms with E-state index in [0.29, 0.717) is 16.3 Å². The van der Waals surface area contributed by atoms with E-state index in [1.807, 2.05) is 0 Å². The Bertz CT molecular complexity index is 449. The standard InChI is InChI=1S/C11H11ClN2O2/c1-2-16-11(15)4-3-8-9(12)5-6-14-10(8)7-13/h5-6H,2,7,13H2,1H3. The monoisotopic (exact) mass is 238 g/mol. The topological polar surface area (TPSA) is 65.2 Å². The van der Waals surface area contributed by atoms with Crippen molar-refractivity contribution >= 4 is 17.6 Å². The molecule has 84 valence electrons. The smallest absolute Gasteiger partial charge is 0.384 e. The second kappa shape index (κ2) is 6.11. The molecule has 0 saturated heterocycles. The fraction of sp³-hybridized carbons (Fsp3) is 0.273. The third kappa shape index (κ3) is 3.23. The van der Waals surface area contributed by atoms with Crippen LogP contribution >= 0.6 is 11.6 Å². The van der Waals surface area contributed by atoms with Gasteiger partial charge in [0.05, 0.1) is 22.9 Å². The molecule has 1 aromatic heterocycles. The highest BCUT2D eigenvalue weighted by molar-refractivity contribution is 6.31. The van der Waals surface area contributed by atoms with Gasteiger partial charge < -0.3 is 10.5 Å². The Labute approximate surface area is 98.8 Å². The molecule has 0 aromatic carbocycles. The van der Waals surface area contributed by atoms with Gasteiger partial charge in [-0.25, -0.2) is 4.79 Å². The highest BCUT2D eigenvalue weighted by Crippen LogP contribution is 2.16. The fourth-order valence-corrected chi connectivity index (χ4v) is 1.26. The van der Waals surface area contributed by atoms with Crippen LogP contribution < -0.4 is 5.73 Å². The van der Waals surface area contributed by atoms with E-state index in [4.69, 9.17) is 17.3 Å². The van der Waals surface area contributed by atoms with Crippen LogP contribution in [-0.4, -0.2) is 17.6 Å². The largest absolute Gasteiger partial charge is 0.456 e. The number of nitrogens with zero attached hydrogens (tertiary/aromatic N) is 1. The van der Waals surface area contributed by atoms with Crippen LogP contribution in [0.4, 0.5) is 0 Å². The Morgan fingerprint density at radius 1 is 1.69 bits per heavy atom. The maximum absolute atomic E-state index is 11.0. The van der Waals surface area contributed by atoms with Gasteiger partial charge in [-0.2, -0.15) is 0 Å². The average molecular weight is 239 g/mol. The molecule has 4 nitrogen and oxygen atoms in total. The van der Waals surface area contributed by atoms with E-state index >= 15 is 0 Å². The molecular formula is C11H11ClN2O2. The predicted octanol–water partition coefficient (Wildman–Crippen LogP) is 1.11. The summed E-state index contributed by atoms with van der Waals surface area (Å²) in [6.07, 6.45) is 1.54. The van der Waals surface area contributed by atoms with Crippen LogP contribution in [0.1, 0.15) is 18.2 Å². The van der Waals surface area contributed by atoms with Crippen molar-refractivity contribution in [2.75, 3.05) is 6.61 Å². The Hall–Kier alpha value is -1.57. The highest BCUT2D eigenvalue weighted by atomic mass is 35.5. The normalized spacial score (nSPS) is 9.19. The molecule has 0 unspecified atom stereocenters. The van der Waals surface area contributed by atoms with Gasteiger partial charge in [-0.3, -0.25) is 4.98 Å². The van der Waals surface area contributed by atoms with Crippen LogP contribution in [-0.2, 0) is 16.1 Å². The summed E-state index contributed by atoms with van der Waals surface area (Å²) in [5, 5.41) is 0.423. The van der Waals surface area contributed by atoms with Crippen LogP contribution in [0.3, 0.4) is 0 Å². The zero-order chi connectivity index (χ0) is 12.0. The molecule has 0 aliphatic heterocycles. The zero-order valence-corrected chi connectivity index (χ0v) is 9.54. The van der Waals surface area contributed by atoms with Gasteiger partial charge in [0.15, 0.2) is 0 Å². The molecule has 0 aliphatic rings. The summed E-state index contributed by atoms with van der Waals surface area (Å²) in [6, 6.07) is 1.59. The van der Waals surface area contributed by atoms with Crippen molar-refractivity contribution in [3.8, 4) is 11.8 Å². The predicted molar refractivity (Wildman–Crippen MR) is 60.6 cm³/mol. The van der Waals surface area contributed by atoms with E-state index in [9.17, 15) is 4.79 Å². The molecule has 0 spiro atoms. The Morgan fingerprint density at radius 2 is 2.44 bits per heavy atom. The summed E-state index contributed by atoms with van der Waals surface area (Å²) in [5.74, 6) is 4.35. The quantitative estimate of drug-likeness (QED) is 0.619. The number of esters is 1. The number of aromatic nitrogens is 1. The van der Waals surface area contributed by atoms with Crippen LogP contribution in [0.15, 0.2) is 12.3 Å². The maximum atomic E-state index is 11.0. The van der Waals surface area contributed by atoms with E-state index in [2.05, 4.69) is 21.6 Å². The van der Waals surface area contributed by atoms with E-state index in [-0.39, 0.29) is 13.2 Å². The highest BCUT2D eigenvalue weighted by Gasteiger charge is 2.04. The van der Waals surface area contributed by atoms with Crippen LogP contribution in [0.5, 0.6) is 0 Å². The SMILES string of the molecule is CCOC(=O)C#Cc1c(Cl)ccnc1CN. The minimum atomic E-state index is -0.592. The number of halogens is 1. The van der Waals surface area contributed by atoms with E-state index in [1.54, 1.807) is 19.2 Å². The molecular weight excluding hydrogens is 228 g/mol. The fourth-order valence-electron chi connectivity index (χ4n) is 1.05. The zero-order valence-electron chi connectivity index (χ0n) is 8.79. The summed E-state index contributed by atoms with van der Waals surface area (Å²) >= 11 is 5.92. The van der Waals surface area contributed by atoms with E-state index in [1.165, 1.54) is 0 Å². The maximum Gasteiger partial charge on any atom is 0.384 e. The molecule has 16 heavy (non-hydrogen) atoms. The van der Waals surface area contributed by atoms with Gasteiger partial charge in [0.1, 0.15) is 0 Å². The minimum Gasteiger partial charge on any atom is -0.456 e. The molecule has 1 aromatic rings. The molecule has 0 radical (unpaired) electrons. The first-order chi connectivity index (χ1) is 7.69. The lowest BCUT2D eigenvalue weighted by molar-refractivity contribution is -0.136. The van der Waals surface area contributed by atoms with Gasteiger partial charge in [-0.1, -0.05) is 17.5 Å². The first-order valence-electron chi connectivity index (χ1n) is 4.71. The molecule has 0 saturated carbocycles. The number of hydrogen-bond donors (Lipinski definition) is 1. The summed E-state index contributed by atoms with van der Waals surface area (Å²) in [6.45, 7) is 2.22. The van der Waals surface area contributed by atoms with Gasteiger partial charge in [0, 0.05) is 18.7 Å². The average Bonchev–Trinajstić information content (AvgIpc) is 2.27. The number of pyridine rings is 1. The number of nitrogens with two attached hydrogens (primary N) is 1. The number of carbonyl (C=O) groups is 1. The van der Waals surface area contributed by atoms with Crippen molar-refractivity contribution in [2.45, 2.75) is 13.5 Å². The lowest BCUT2D eigenvalue weighted by Gasteiger charge is -2.01. The van der Waals surface area contributed by atoms with Crippen molar-refractivity contribution in [3.63, 3.8) is 0 Å². The molecule has 0 amide bonds. The first-order valence-corrected chi connectivity index (χ1v) is 5.09. The van der Waals surface area contributed by atoms with Crippen molar-refractivity contribution < 1.29 is 9.53 Å². The minimum absolute atomic E-state index is 0.216. The summed E-state index contributed by atoms with van der Waals surface area (Å²) < 4.78 is 4.67. The molecule has 1 rings (SSSR count).